The summed E-state index contributed by atoms with van der Waals surface area (Å²) in [7, 11) is 1.51. The Bertz CT molecular complexity index is 926. The molecule has 0 bridgehead atoms. The molecule has 0 spiro atoms. The van der Waals surface area contributed by atoms with E-state index in [2.05, 4.69) is 20.7 Å². The normalized spacial score (nSPS) is 11.4. The van der Waals surface area contributed by atoms with Crippen molar-refractivity contribution in [2.24, 2.45) is 5.10 Å². The number of nitrogen functional groups attached to an aromatic ring is 1. The van der Waals surface area contributed by atoms with Crippen LogP contribution in [0.3, 0.4) is 0 Å². The first-order valence-corrected chi connectivity index (χ1v) is 7.54. The van der Waals surface area contributed by atoms with Crippen LogP contribution < -0.4 is 20.9 Å². The summed E-state index contributed by atoms with van der Waals surface area (Å²) >= 11 is 1.00. The summed E-state index contributed by atoms with van der Waals surface area (Å²) < 4.78 is 12.3. The Morgan fingerprint density at radius 3 is 3.04 bits per heavy atom. The Kier molecular flexibility index (Phi) is 3.98. The van der Waals surface area contributed by atoms with Crippen molar-refractivity contribution in [3.05, 3.63) is 33.3 Å². The first-order valence-electron chi connectivity index (χ1n) is 6.72. The molecule has 0 radical (unpaired) electrons. The maximum atomic E-state index is 11.4. The molecule has 0 aliphatic rings. The average molecular weight is 334 g/mol. The number of aromatic nitrogens is 3. The zero-order valence-electron chi connectivity index (χ0n) is 12.4. The Hall–Kier alpha value is -2.88. The van der Waals surface area contributed by atoms with Crippen molar-refractivity contribution < 1.29 is 9.15 Å². The van der Waals surface area contributed by atoms with Gasteiger partial charge in [-0.1, -0.05) is 18.3 Å². The van der Waals surface area contributed by atoms with Crippen molar-refractivity contribution in [2.75, 3.05) is 18.4 Å². The van der Waals surface area contributed by atoms with E-state index in [4.69, 9.17) is 15.0 Å². The van der Waals surface area contributed by atoms with Crippen LogP contribution in [0.4, 0.5) is 5.95 Å². The van der Waals surface area contributed by atoms with Gasteiger partial charge in [0.1, 0.15) is 0 Å². The van der Waals surface area contributed by atoms with Crippen LogP contribution in [0, 0.1) is 0 Å². The standard InChI is InChI=1S/C13H14N6O3S/c1-3-10-16-18-12(19(10)14)17-15-6-7-4-8(21-2)11-9(5-7)23-13(20)22-11/h4-6H,3,14H2,1-2H3,(H,17,18)/b15-6-. The number of hydrazone groups is 1. The molecule has 0 atom stereocenters. The van der Waals surface area contributed by atoms with Gasteiger partial charge in [0.25, 0.3) is 5.95 Å². The monoisotopic (exact) mass is 334 g/mol. The van der Waals surface area contributed by atoms with Gasteiger partial charge in [0.05, 0.1) is 18.0 Å². The molecular formula is C13H14N6O3S. The number of nitrogens with one attached hydrogen (secondary N) is 1. The van der Waals surface area contributed by atoms with E-state index < -0.39 is 0 Å². The van der Waals surface area contributed by atoms with Crippen LogP contribution in [0.15, 0.2) is 26.4 Å². The zero-order valence-corrected chi connectivity index (χ0v) is 13.3. The molecule has 23 heavy (non-hydrogen) atoms. The Balaban J connectivity index is 1.85. The fourth-order valence-electron chi connectivity index (χ4n) is 2.00. The zero-order chi connectivity index (χ0) is 16.4. The van der Waals surface area contributed by atoms with Crippen molar-refractivity contribution in [1.82, 2.24) is 14.9 Å². The fraction of sp³-hybridized carbons (Fsp3) is 0.231. The van der Waals surface area contributed by atoms with Crippen molar-refractivity contribution >= 4 is 33.8 Å². The Labute approximate surface area is 134 Å². The predicted octanol–water partition coefficient (Wildman–Crippen LogP) is 1.18. The van der Waals surface area contributed by atoms with Crippen LogP contribution in [0.1, 0.15) is 18.3 Å². The van der Waals surface area contributed by atoms with Crippen LogP contribution >= 0.6 is 11.3 Å². The molecule has 0 unspecified atom stereocenters. The molecule has 2 heterocycles. The van der Waals surface area contributed by atoms with E-state index in [1.54, 1.807) is 18.3 Å². The first kappa shape index (κ1) is 15.0. The summed E-state index contributed by atoms with van der Waals surface area (Å²) in [5.74, 6) is 7.26. The number of methoxy groups -OCH3 is 1. The molecule has 10 heteroatoms. The summed E-state index contributed by atoms with van der Waals surface area (Å²) in [6.07, 6.45) is 2.23. The largest absolute Gasteiger partial charge is 0.493 e. The summed E-state index contributed by atoms with van der Waals surface area (Å²) in [4.78, 5) is 11.0. The third-order valence-electron chi connectivity index (χ3n) is 3.10. The first-order chi connectivity index (χ1) is 11.1. The van der Waals surface area contributed by atoms with Crippen molar-refractivity contribution in [3.63, 3.8) is 0 Å². The maximum absolute atomic E-state index is 11.4. The lowest BCUT2D eigenvalue weighted by molar-refractivity contribution is 0.408. The summed E-state index contributed by atoms with van der Waals surface area (Å²) in [6, 6.07) is 3.50. The number of nitrogens with two attached hydrogens (primary N) is 1. The molecule has 3 rings (SSSR count). The minimum atomic E-state index is -0.381. The quantitative estimate of drug-likeness (QED) is 0.408. The molecule has 1 aromatic carbocycles. The number of ether oxygens (including phenoxy) is 1. The highest BCUT2D eigenvalue weighted by molar-refractivity contribution is 7.16. The summed E-state index contributed by atoms with van der Waals surface area (Å²) in [5.41, 5.74) is 3.88. The Morgan fingerprint density at radius 1 is 1.52 bits per heavy atom. The number of benzene rings is 1. The molecule has 120 valence electrons. The van der Waals surface area contributed by atoms with Gasteiger partial charge in [-0.2, -0.15) is 5.10 Å². The molecule has 0 aliphatic carbocycles. The molecular weight excluding hydrogens is 320 g/mol. The second kappa shape index (κ2) is 6.08. The molecule has 0 saturated heterocycles. The van der Waals surface area contributed by atoms with Crippen LogP contribution in [-0.2, 0) is 6.42 Å². The van der Waals surface area contributed by atoms with Gasteiger partial charge >= 0.3 is 4.94 Å². The molecule has 0 aliphatic heterocycles. The van der Waals surface area contributed by atoms with Crippen molar-refractivity contribution in [1.29, 1.82) is 0 Å². The minimum absolute atomic E-state index is 0.333. The van der Waals surface area contributed by atoms with E-state index in [-0.39, 0.29) is 4.94 Å². The van der Waals surface area contributed by atoms with Gasteiger partial charge in [-0.05, 0) is 17.7 Å². The molecule has 0 amide bonds. The van der Waals surface area contributed by atoms with Crippen molar-refractivity contribution in [3.8, 4) is 5.75 Å². The van der Waals surface area contributed by atoms with Crippen LogP contribution in [-0.4, -0.2) is 28.2 Å². The topological polar surface area (TPSA) is 121 Å². The number of nitrogens with zero attached hydrogens (tertiary/aromatic N) is 4. The predicted molar refractivity (Wildman–Crippen MR) is 87.7 cm³/mol. The van der Waals surface area contributed by atoms with Crippen molar-refractivity contribution in [2.45, 2.75) is 13.3 Å². The van der Waals surface area contributed by atoms with E-state index >= 15 is 0 Å². The van der Waals surface area contributed by atoms with Gasteiger partial charge in [-0.15, -0.1) is 10.2 Å². The van der Waals surface area contributed by atoms with Gasteiger partial charge in [0, 0.05) is 6.42 Å². The number of fused-ring (bicyclic) bond motifs is 1. The van der Waals surface area contributed by atoms with E-state index in [1.807, 2.05) is 6.92 Å². The molecule has 0 saturated carbocycles. The van der Waals surface area contributed by atoms with Gasteiger partial charge in [0.2, 0.25) is 0 Å². The average Bonchev–Trinajstić information content (AvgIpc) is 3.08. The third-order valence-corrected chi connectivity index (χ3v) is 3.88. The molecule has 3 aromatic rings. The SMILES string of the molecule is CCc1nnc(N/N=C\c2cc(OC)c3oc(=O)sc3c2)n1N. The third kappa shape index (κ3) is 2.88. The second-order valence-corrected chi connectivity index (χ2v) is 5.52. The molecule has 9 nitrogen and oxygen atoms in total. The minimum Gasteiger partial charge on any atom is -0.493 e. The lowest BCUT2D eigenvalue weighted by Crippen LogP contribution is -2.14. The number of aryl methyl sites for hydroxylation is 1. The molecule has 2 aromatic heterocycles. The lowest BCUT2D eigenvalue weighted by Gasteiger charge is -2.02. The maximum Gasteiger partial charge on any atom is 0.396 e. The molecule has 3 N–H and O–H groups in total. The number of hydrogen-bond donors (Lipinski definition) is 2. The highest BCUT2D eigenvalue weighted by atomic mass is 32.1. The highest BCUT2D eigenvalue weighted by Crippen LogP contribution is 2.28. The van der Waals surface area contributed by atoms with E-state index in [0.29, 0.717) is 34.2 Å². The number of rotatable bonds is 5. The molecule has 0 fully saturated rings. The Morgan fingerprint density at radius 2 is 2.35 bits per heavy atom. The lowest BCUT2D eigenvalue weighted by atomic mass is 10.2. The van der Waals surface area contributed by atoms with E-state index in [9.17, 15) is 4.79 Å². The van der Waals surface area contributed by atoms with Gasteiger partial charge < -0.3 is 15.0 Å². The summed E-state index contributed by atoms with van der Waals surface area (Å²) in [5, 5.41) is 11.9. The van der Waals surface area contributed by atoms with Gasteiger partial charge in [-0.25, -0.2) is 14.9 Å². The summed E-state index contributed by atoms with van der Waals surface area (Å²) in [6.45, 7) is 1.93. The van der Waals surface area contributed by atoms with Gasteiger partial charge in [-0.3, -0.25) is 0 Å². The van der Waals surface area contributed by atoms with E-state index in [1.165, 1.54) is 11.8 Å². The van der Waals surface area contributed by atoms with E-state index in [0.717, 1.165) is 16.9 Å². The van der Waals surface area contributed by atoms with Crippen LogP contribution in [0.25, 0.3) is 10.3 Å². The van der Waals surface area contributed by atoms with Crippen LogP contribution in [0.5, 0.6) is 5.75 Å². The number of anilines is 1. The number of hydrogen-bond acceptors (Lipinski definition) is 9. The van der Waals surface area contributed by atoms with Crippen LogP contribution in [0.2, 0.25) is 0 Å². The fourth-order valence-corrected chi connectivity index (χ4v) is 2.73. The second-order valence-electron chi connectivity index (χ2n) is 4.54. The smallest absolute Gasteiger partial charge is 0.396 e. The highest BCUT2D eigenvalue weighted by Gasteiger charge is 2.10. The van der Waals surface area contributed by atoms with Gasteiger partial charge in [0.15, 0.2) is 17.2 Å².